The fourth-order valence-electron chi connectivity index (χ4n) is 2.18. The molecule has 1 fully saturated rings. The van der Waals surface area contributed by atoms with E-state index in [2.05, 4.69) is 4.98 Å². The molecule has 0 bridgehead atoms. The van der Waals surface area contributed by atoms with Gasteiger partial charge in [0.1, 0.15) is 0 Å². The fourth-order valence-corrected chi connectivity index (χ4v) is 2.18. The molecular weight excluding hydrogens is 219 g/mol. The third-order valence-corrected chi connectivity index (χ3v) is 3.31. The minimum absolute atomic E-state index is 0.135. The van der Waals surface area contributed by atoms with E-state index in [1.165, 1.54) is 6.20 Å². The maximum Gasteiger partial charge on any atom is 0.416 e. The number of aliphatic hydroxyl groups excluding tert-OH is 1. The first kappa shape index (κ1) is 11.4. The predicted molar refractivity (Wildman–Crippen MR) is 51.9 cm³/mol. The van der Waals surface area contributed by atoms with E-state index in [0.717, 1.165) is 18.7 Å². The zero-order chi connectivity index (χ0) is 11.8. The van der Waals surface area contributed by atoms with Crippen molar-refractivity contribution >= 4 is 0 Å². The number of nitrogens with zero attached hydrogens (tertiary/aromatic N) is 1. The summed E-state index contributed by atoms with van der Waals surface area (Å²) in [6.45, 7) is -0.248. The van der Waals surface area contributed by atoms with Crippen molar-refractivity contribution in [1.29, 1.82) is 0 Å². The number of aromatic nitrogens is 1. The molecule has 0 saturated heterocycles. The number of hydrogen-bond acceptors (Lipinski definition) is 2. The maximum absolute atomic E-state index is 12.8. The molecule has 0 spiro atoms. The van der Waals surface area contributed by atoms with E-state index >= 15 is 0 Å². The predicted octanol–water partition coefficient (Wildman–Crippen LogP) is 2.51. The molecule has 0 aliphatic heterocycles. The molecule has 2 nitrogen and oxygen atoms in total. The average molecular weight is 231 g/mol. The van der Waals surface area contributed by atoms with Gasteiger partial charge in [-0.05, 0) is 24.5 Å². The van der Waals surface area contributed by atoms with Gasteiger partial charge in [-0.1, -0.05) is 6.42 Å². The van der Waals surface area contributed by atoms with Gasteiger partial charge >= 0.3 is 6.18 Å². The van der Waals surface area contributed by atoms with Crippen molar-refractivity contribution in [3.05, 3.63) is 29.6 Å². The zero-order valence-corrected chi connectivity index (χ0v) is 8.59. The molecule has 1 aromatic heterocycles. The van der Waals surface area contributed by atoms with Gasteiger partial charge in [-0.15, -0.1) is 0 Å². The molecule has 0 amide bonds. The summed E-state index contributed by atoms with van der Waals surface area (Å²) in [6, 6.07) is 0.977. The number of halogens is 3. The Morgan fingerprint density at radius 3 is 2.50 bits per heavy atom. The monoisotopic (exact) mass is 231 g/mol. The molecule has 1 heterocycles. The van der Waals surface area contributed by atoms with Crippen molar-refractivity contribution in [1.82, 2.24) is 4.98 Å². The zero-order valence-electron chi connectivity index (χ0n) is 8.59. The highest BCUT2D eigenvalue weighted by Gasteiger charge is 2.44. The molecule has 1 aliphatic rings. The Morgan fingerprint density at radius 2 is 2.06 bits per heavy atom. The summed E-state index contributed by atoms with van der Waals surface area (Å²) in [4.78, 5) is 3.74. The summed E-state index contributed by atoms with van der Waals surface area (Å²) in [7, 11) is 0. The Hall–Kier alpha value is -1.10. The van der Waals surface area contributed by atoms with Crippen LogP contribution in [0.25, 0.3) is 0 Å². The minimum Gasteiger partial charge on any atom is -0.395 e. The molecule has 1 saturated carbocycles. The number of aliphatic hydroxyl groups is 1. The van der Waals surface area contributed by atoms with Gasteiger partial charge in [0.15, 0.2) is 0 Å². The molecule has 0 aromatic carbocycles. The van der Waals surface area contributed by atoms with Crippen molar-refractivity contribution < 1.29 is 18.3 Å². The highest BCUT2D eigenvalue weighted by Crippen LogP contribution is 2.47. The number of pyridine rings is 1. The van der Waals surface area contributed by atoms with Gasteiger partial charge in [0, 0.05) is 17.8 Å². The Labute approximate surface area is 91.1 Å². The van der Waals surface area contributed by atoms with Crippen molar-refractivity contribution in [2.24, 2.45) is 0 Å². The molecular formula is C11H12F3NO. The highest BCUT2D eigenvalue weighted by molar-refractivity contribution is 5.35. The second-order valence-corrected chi connectivity index (χ2v) is 4.21. The lowest BCUT2D eigenvalue weighted by atomic mass is 9.64. The van der Waals surface area contributed by atoms with Crippen LogP contribution in [0.4, 0.5) is 13.2 Å². The summed E-state index contributed by atoms with van der Waals surface area (Å²) in [5.74, 6) is 0. The van der Waals surface area contributed by atoms with Crippen molar-refractivity contribution in [3.63, 3.8) is 0 Å². The lowest BCUT2D eigenvalue weighted by Crippen LogP contribution is -2.39. The summed E-state index contributed by atoms with van der Waals surface area (Å²) >= 11 is 0. The van der Waals surface area contributed by atoms with Crippen LogP contribution < -0.4 is 0 Å². The summed E-state index contributed by atoms with van der Waals surface area (Å²) in [5.41, 5.74) is -1.26. The second-order valence-electron chi connectivity index (χ2n) is 4.21. The molecule has 0 atom stereocenters. The van der Waals surface area contributed by atoms with Gasteiger partial charge in [-0.3, -0.25) is 4.98 Å². The Kier molecular flexibility index (Phi) is 2.66. The third kappa shape index (κ3) is 1.69. The maximum atomic E-state index is 12.8. The summed E-state index contributed by atoms with van der Waals surface area (Å²) in [6.07, 6.45) is 0.0353. The van der Waals surface area contributed by atoms with Crippen molar-refractivity contribution in [2.45, 2.75) is 30.9 Å². The van der Waals surface area contributed by atoms with Gasteiger partial charge in [0.2, 0.25) is 0 Å². The Morgan fingerprint density at radius 1 is 1.38 bits per heavy atom. The van der Waals surface area contributed by atoms with Gasteiger partial charge in [0.25, 0.3) is 0 Å². The van der Waals surface area contributed by atoms with Crippen LogP contribution in [0.5, 0.6) is 0 Å². The Balaban J connectivity index is 2.48. The lowest BCUT2D eigenvalue weighted by molar-refractivity contribution is -0.139. The van der Waals surface area contributed by atoms with Crippen LogP contribution in [-0.2, 0) is 11.6 Å². The van der Waals surface area contributed by atoms with E-state index in [1.54, 1.807) is 0 Å². The molecule has 16 heavy (non-hydrogen) atoms. The number of rotatable bonds is 2. The van der Waals surface area contributed by atoms with Gasteiger partial charge in [0.05, 0.1) is 12.2 Å². The van der Waals surface area contributed by atoms with E-state index in [-0.39, 0.29) is 12.2 Å². The van der Waals surface area contributed by atoms with E-state index in [0.29, 0.717) is 12.8 Å². The fraction of sp³-hybridized carbons (Fsp3) is 0.545. The van der Waals surface area contributed by atoms with Crippen LogP contribution in [0, 0.1) is 0 Å². The summed E-state index contributed by atoms with van der Waals surface area (Å²) < 4.78 is 38.3. The molecule has 0 radical (unpaired) electrons. The van der Waals surface area contributed by atoms with Crippen LogP contribution in [0.1, 0.15) is 30.4 Å². The highest BCUT2D eigenvalue weighted by atomic mass is 19.4. The minimum atomic E-state index is -4.38. The van der Waals surface area contributed by atoms with E-state index in [9.17, 15) is 18.3 Å². The number of hydrogen-bond donors (Lipinski definition) is 1. The standard InChI is InChI=1S/C11H12F3NO/c12-11(13,14)8-2-5-15-6-9(8)10(7-16)3-1-4-10/h2,5-6,16H,1,3-4,7H2. The molecule has 5 heteroatoms. The Bertz CT molecular complexity index is 380. The largest absolute Gasteiger partial charge is 0.416 e. The molecule has 1 aliphatic carbocycles. The summed E-state index contributed by atoms with van der Waals surface area (Å²) in [5, 5.41) is 9.29. The van der Waals surface area contributed by atoms with Crippen LogP contribution in [0.3, 0.4) is 0 Å². The van der Waals surface area contributed by atoms with E-state index in [1.807, 2.05) is 0 Å². The first-order valence-electron chi connectivity index (χ1n) is 5.12. The van der Waals surface area contributed by atoms with Crippen molar-refractivity contribution in [2.75, 3.05) is 6.61 Å². The third-order valence-electron chi connectivity index (χ3n) is 3.31. The van der Waals surface area contributed by atoms with Gasteiger partial charge < -0.3 is 5.11 Å². The number of alkyl halides is 3. The van der Waals surface area contributed by atoms with Gasteiger partial charge in [-0.2, -0.15) is 13.2 Å². The molecule has 1 aromatic rings. The van der Waals surface area contributed by atoms with E-state index < -0.39 is 17.2 Å². The molecule has 2 rings (SSSR count). The second kappa shape index (κ2) is 3.73. The van der Waals surface area contributed by atoms with Crippen LogP contribution in [-0.4, -0.2) is 16.7 Å². The SMILES string of the molecule is OCC1(c2cnccc2C(F)(F)F)CCC1. The van der Waals surface area contributed by atoms with Crippen molar-refractivity contribution in [3.8, 4) is 0 Å². The first-order valence-corrected chi connectivity index (χ1v) is 5.12. The van der Waals surface area contributed by atoms with Crippen LogP contribution in [0.15, 0.2) is 18.5 Å². The van der Waals surface area contributed by atoms with Gasteiger partial charge in [-0.25, -0.2) is 0 Å². The van der Waals surface area contributed by atoms with E-state index in [4.69, 9.17) is 0 Å². The molecule has 88 valence electrons. The average Bonchev–Trinajstić information content (AvgIpc) is 2.16. The van der Waals surface area contributed by atoms with Crippen LogP contribution in [0.2, 0.25) is 0 Å². The first-order chi connectivity index (χ1) is 7.49. The molecule has 0 unspecified atom stereocenters. The molecule has 1 N–H and O–H groups in total. The normalized spacial score (nSPS) is 19.2. The lowest BCUT2D eigenvalue weighted by Gasteiger charge is -2.41. The quantitative estimate of drug-likeness (QED) is 0.848. The smallest absolute Gasteiger partial charge is 0.395 e. The topological polar surface area (TPSA) is 33.1 Å². The van der Waals surface area contributed by atoms with Crippen LogP contribution >= 0.6 is 0 Å².